The summed E-state index contributed by atoms with van der Waals surface area (Å²) < 4.78 is 21.4. The molecule has 0 saturated heterocycles. The van der Waals surface area contributed by atoms with Crippen LogP contribution in [0.3, 0.4) is 0 Å². The first-order valence-corrected chi connectivity index (χ1v) is 37.1. The highest BCUT2D eigenvalue weighted by Crippen LogP contribution is 2.67. The number of allylic oxidation sites excluding steroid dienone is 8. The SMILES string of the molecule is COc1cc2cc(O)c1Oc1cc(O)cc(c1)CCC(CO)CC1CCC3(CCC4(Cc5c6c(ccc7c6cn5C2CC(=O)CC(OC(C)=O)CCC25C6=CC=CC2CC=CC5c2c[nH]cc2C(C#CC6)C(c2cccc(O)c2)C2=CCNC(=C2)N7CCC(=O)C2CCCCC2)C4O)C3)C1. The van der Waals surface area contributed by atoms with E-state index < -0.39 is 46.9 Å². The Morgan fingerprint density at radius 2 is 1.75 bits per heavy atom. The van der Waals surface area contributed by atoms with Crippen molar-refractivity contribution in [3.8, 4) is 46.3 Å². The number of aromatic hydroxyl groups is 3. The number of Topliss-reactive ketones (excluding diaryl/α,β-unsaturated/α-hetero) is 2. The van der Waals surface area contributed by atoms with Crippen molar-refractivity contribution in [2.75, 3.05) is 31.7 Å². The molecule has 6 aromatic rings. The molecule has 14 bridgehead atoms. The maximum Gasteiger partial charge on any atom is 0.302 e. The smallest absolute Gasteiger partial charge is 0.302 e. The number of methoxy groups -OCH3 is 1. The summed E-state index contributed by atoms with van der Waals surface area (Å²) in [5.41, 5.74) is 8.08. The number of aromatic amines is 1. The van der Waals surface area contributed by atoms with E-state index in [1.165, 1.54) is 25.7 Å². The average Bonchev–Trinajstić information content (AvgIpc) is 1.51. The summed E-state index contributed by atoms with van der Waals surface area (Å²) in [5, 5.41) is 65.4. The summed E-state index contributed by atoms with van der Waals surface area (Å²) in [6.07, 6.45) is 36.1. The van der Waals surface area contributed by atoms with Gasteiger partial charge in [0.05, 0.1) is 30.9 Å². The molecule has 12 atom stereocenters. The summed E-state index contributed by atoms with van der Waals surface area (Å²) in [5.74, 6) is 7.98. The summed E-state index contributed by atoms with van der Waals surface area (Å²) >= 11 is 0. The van der Waals surface area contributed by atoms with Gasteiger partial charge in [0.2, 0.25) is 5.75 Å². The van der Waals surface area contributed by atoms with E-state index in [4.69, 9.17) is 14.2 Å². The lowest BCUT2D eigenvalue weighted by Gasteiger charge is -2.50. The Morgan fingerprint density at radius 3 is 2.59 bits per heavy atom. The molecule has 0 radical (unpaired) electrons. The molecule has 15 heteroatoms. The summed E-state index contributed by atoms with van der Waals surface area (Å²) in [7, 11) is 1.52. The first-order chi connectivity index (χ1) is 48.6. The number of hydrogen-bond donors (Lipinski definition) is 7. The molecule has 6 heterocycles. The molecule has 12 unspecified atom stereocenters. The van der Waals surface area contributed by atoms with Crippen LogP contribution in [0.2, 0.25) is 0 Å². The van der Waals surface area contributed by atoms with E-state index in [1.807, 2.05) is 24.3 Å². The normalized spacial score (nSPS) is 30.1. The number of hydrogen-bond acceptors (Lipinski definition) is 13. The maximum atomic E-state index is 16.0. The minimum absolute atomic E-state index is 0.000564. The van der Waals surface area contributed by atoms with Gasteiger partial charge in [0.25, 0.3) is 0 Å². The molecule has 17 rings (SSSR count). The molecule has 15 nitrogen and oxygen atoms in total. The van der Waals surface area contributed by atoms with Crippen LogP contribution in [0.25, 0.3) is 10.8 Å². The second-order valence-corrected chi connectivity index (χ2v) is 31.3. The highest BCUT2D eigenvalue weighted by Gasteiger charge is 2.57. The van der Waals surface area contributed by atoms with Gasteiger partial charge in [0, 0.05) is 122 Å². The number of benzene rings is 4. The molecule has 100 heavy (non-hydrogen) atoms. The van der Waals surface area contributed by atoms with Gasteiger partial charge in [-0.3, -0.25) is 14.4 Å². The molecule has 3 spiro atoms. The monoisotopic (exact) mass is 1350 g/mol. The van der Waals surface area contributed by atoms with E-state index in [2.05, 4.69) is 111 Å². The second-order valence-electron chi connectivity index (χ2n) is 31.3. The summed E-state index contributed by atoms with van der Waals surface area (Å²) in [6, 6.07) is 19.6. The molecule has 7 aliphatic carbocycles. The van der Waals surface area contributed by atoms with Crippen molar-refractivity contribution in [1.82, 2.24) is 14.9 Å². The molecule has 0 amide bonds. The van der Waals surface area contributed by atoms with Crippen molar-refractivity contribution in [2.45, 2.75) is 184 Å². The second kappa shape index (κ2) is 26.7. The standard InChI is InChI=1S/C85H94N4O11/c1-51(91)99-64-25-29-85-59-13-7-14-60(85)16-9-19-71(85)69-47-86-46-68(69)66(18-8-15-59)79(56-12-6-17-61(92)37-56)57-26-32-87-78(40-57)88(33-27-75(95)55-10-4-3-5-11-55)72-23-22-67-80-70(72)48-89-73(43-63(94)41-64)58-38-76(96)81(77(39-58)98-2)100-65-36-52(35-62(93)42-65)20-21-54(49-90)34-53-24-28-83(44-53)30-31-84(50-83,82(67)97)45-74(80)89/h6-7,9,12-14,17,19,22-23,26,35-40,42,46-48,53-55,60,64,66,71,73,79,82,86-87,90,92-93,96-97H,3-5,10-11,15-16,20-21,24-25,27-34,41,43-45,49-50H2,1-2H3. The zero-order valence-electron chi connectivity index (χ0n) is 57.7. The average molecular weight is 1350 g/mol. The Labute approximate surface area is 586 Å². The predicted molar refractivity (Wildman–Crippen MR) is 384 cm³/mol. The highest BCUT2D eigenvalue weighted by molar-refractivity contribution is 6.01. The number of aliphatic hydroxyl groups excluding tert-OH is 2. The number of nitrogens with one attached hydrogen (secondary N) is 2. The van der Waals surface area contributed by atoms with E-state index in [0.29, 0.717) is 68.8 Å². The van der Waals surface area contributed by atoms with Crippen LogP contribution in [0.5, 0.6) is 34.5 Å². The number of anilines is 1. The van der Waals surface area contributed by atoms with Crippen LogP contribution in [-0.2, 0) is 32.0 Å². The molecule has 4 aromatic carbocycles. The number of fused-ring (bicyclic) bond motifs is 6. The first-order valence-electron chi connectivity index (χ1n) is 37.1. The first kappa shape index (κ1) is 65.9. The molecule has 4 aliphatic heterocycles. The predicted octanol–water partition coefficient (Wildman–Crippen LogP) is 15.9. The lowest BCUT2D eigenvalue weighted by Crippen LogP contribution is -2.41. The van der Waals surface area contributed by atoms with E-state index in [0.717, 1.165) is 145 Å². The fourth-order valence-corrected chi connectivity index (χ4v) is 21.0. The maximum absolute atomic E-state index is 16.0. The number of phenols is 3. The topological polar surface area (TPSA) is 216 Å². The number of carbonyl (C=O) groups is 3. The van der Waals surface area contributed by atoms with Crippen molar-refractivity contribution in [2.24, 2.45) is 39.9 Å². The number of dihydropyridines is 1. The summed E-state index contributed by atoms with van der Waals surface area (Å²) in [6.45, 7) is 2.24. The van der Waals surface area contributed by atoms with Crippen molar-refractivity contribution in [3.63, 3.8) is 0 Å². The molecule has 11 aliphatic rings. The Balaban J connectivity index is 0.930. The van der Waals surface area contributed by atoms with Crippen LogP contribution in [-0.4, -0.2) is 85.5 Å². The number of nitrogens with zero attached hydrogens (tertiary/aromatic N) is 2. The largest absolute Gasteiger partial charge is 0.508 e. The molecular formula is C85H94N4O11. The van der Waals surface area contributed by atoms with Crippen LogP contribution < -0.4 is 19.7 Å². The van der Waals surface area contributed by atoms with Crippen LogP contribution in [0.1, 0.15) is 204 Å². The third-order valence-electron chi connectivity index (χ3n) is 25.5. The number of aromatic nitrogens is 2. The molecule has 2 aromatic heterocycles. The van der Waals surface area contributed by atoms with Gasteiger partial charge in [0.1, 0.15) is 40.7 Å². The van der Waals surface area contributed by atoms with E-state index >= 15 is 4.79 Å². The number of aryl methyl sites for hydroxylation is 1. The number of aliphatic hydroxyl groups is 2. The number of esters is 1. The zero-order valence-corrected chi connectivity index (χ0v) is 57.7. The van der Waals surface area contributed by atoms with Crippen LogP contribution >= 0.6 is 0 Å². The number of carbonyl (C=O) groups excluding carboxylic acids is 3. The van der Waals surface area contributed by atoms with Crippen molar-refractivity contribution < 1.29 is 54.1 Å². The van der Waals surface area contributed by atoms with E-state index in [-0.39, 0.29) is 95.3 Å². The number of rotatable bonds is 8. The third kappa shape index (κ3) is 12.0. The lowest BCUT2D eigenvalue weighted by molar-refractivity contribution is -0.148. The molecule has 3 fully saturated rings. The van der Waals surface area contributed by atoms with Crippen LogP contribution in [0.4, 0.5) is 5.69 Å². The van der Waals surface area contributed by atoms with Crippen molar-refractivity contribution in [1.29, 1.82) is 0 Å². The highest BCUT2D eigenvalue weighted by atomic mass is 16.5. The Kier molecular flexibility index (Phi) is 17.6. The van der Waals surface area contributed by atoms with Crippen molar-refractivity contribution in [3.05, 3.63) is 184 Å². The molecule has 520 valence electrons. The minimum atomic E-state index is -0.842. The van der Waals surface area contributed by atoms with Gasteiger partial charge in [-0.2, -0.15) is 0 Å². The van der Waals surface area contributed by atoms with Gasteiger partial charge < -0.3 is 59.5 Å². The van der Waals surface area contributed by atoms with Gasteiger partial charge >= 0.3 is 5.97 Å². The Morgan fingerprint density at radius 1 is 0.880 bits per heavy atom. The molecule has 3 saturated carbocycles. The van der Waals surface area contributed by atoms with Gasteiger partial charge in [-0.1, -0.05) is 91.3 Å². The summed E-state index contributed by atoms with van der Waals surface area (Å²) in [4.78, 5) is 50.3. The number of ketones is 2. The third-order valence-corrected chi connectivity index (χ3v) is 25.5. The number of ether oxygens (including phenoxy) is 3. The lowest BCUT2D eigenvalue weighted by atomic mass is 9.53. The fourth-order valence-electron chi connectivity index (χ4n) is 21.0. The Bertz CT molecular complexity index is 4450. The molecular weight excluding hydrogens is 1250 g/mol. The van der Waals surface area contributed by atoms with E-state index in [9.17, 15) is 35.1 Å². The van der Waals surface area contributed by atoms with Crippen LogP contribution in [0, 0.1) is 51.8 Å². The number of phenolic OH excluding ortho intramolecular Hbond substituents is 3. The van der Waals surface area contributed by atoms with Gasteiger partial charge in [0.15, 0.2) is 11.5 Å². The van der Waals surface area contributed by atoms with Gasteiger partial charge in [-0.15, -0.1) is 0 Å². The Hall–Kier alpha value is -8.71. The molecule has 7 N–H and O–H groups in total. The van der Waals surface area contributed by atoms with Crippen molar-refractivity contribution >= 4 is 34.0 Å². The zero-order chi connectivity index (χ0) is 68.6. The quantitative estimate of drug-likeness (QED) is 0.0429. The van der Waals surface area contributed by atoms with Gasteiger partial charge in [-0.25, -0.2) is 0 Å². The van der Waals surface area contributed by atoms with Gasteiger partial charge in [-0.05, 0) is 207 Å². The fraction of sp³-hybridized carbons (Fsp3) is 0.471. The van der Waals surface area contributed by atoms with Crippen LogP contribution in [0.15, 0.2) is 145 Å². The minimum Gasteiger partial charge on any atom is -0.508 e. The number of H-pyrrole nitrogens is 1. The van der Waals surface area contributed by atoms with E-state index in [1.54, 1.807) is 18.2 Å².